The molecule has 0 spiro atoms. The van der Waals surface area contributed by atoms with Crippen LogP contribution in [0.2, 0.25) is 0 Å². The van der Waals surface area contributed by atoms with Crippen molar-refractivity contribution < 1.29 is 28.6 Å². The van der Waals surface area contributed by atoms with Gasteiger partial charge in [0, 0.05) is 0 Å². The van der Waals surface area contributed by atoms with E-state index >= 15 is 0 Å². The summed E-state index contributed by atoms with van der Waals surface area (Å²) in [5.41, 5.74) is 0.632. The van der Waals surface area contributed by atoms with Gasteiger partial charge < -0.3 is 14.2 Å². The summed E-state index contributed by atoms with van der Waals surface area (Å²) in [6.45, 7) is 1.58. The van der Waals surface area contributed by atoms with Crippen molar-refractivity contribution in [2.45, 2.75) is 19.4 Å². The number of imide groups is 1. The highest BCUT2D eigenvalue weighted by atomic mass is 127. The molecule has 9 heteroatoms. The minimum atomic E-state index is -0.805. The minimum absolute atomic E-state index is 0.144. The summed E-state index contributed by atoms with van der Waals surface area (Å²) in [5.74, 6) is -0.436. The number of amides is 2. The number of hydrogen-bond donors (Lipinski definition) is 0. The first-order valence-corrected chi connectivity index (χ1v) is 10.7. The van der Waals surface area contributed by atoms with E-state index in [1.807, 2.05) is 12.2 Å². The molecule has 30 heavy (non-hydrogen) atoms. The highest BCUT2D eigenvalue weighted by Crippen LogP contribution is 2.52. The summed E-state index contributed by atoms with van der Waals surface area (Å²) in [6, 6.07) is 3.44. The Kier molecular flexibility index (Phi) is 5.56. The van der Waals surface area contributed by atoms with Crippen LogP contribution in [0.25, 0.3) is 0 Å². The van der Waals surface area contributed by atoms with Crippen molar-refractivity contribution in [1.82, 2.24) is 5.01 Å². The summed E-state index contributed by atoms with van der Waals surface area (Å²) in [6.07, 6.45) is 5.63. The largest absolute Gasteiger partial charge is 0.493 e. The van der Waals surface area contributed by atoms with Crippen molar-refractivity contribution >= 4 is 46.6 Å². The zero-order valence-corrected chi connectivity index (χ0v) is 18.9. The van der Waals surface area contributed by atoms with Crippen LogP contribution in [0.4, 0.5) is 0 Å². The molecule has 1 saturated carbocycles. The number of carbonyl (C=O) groups excluding carboxylic acids is 3. The standard InChI is InChI=1S/C21H21IN2O6/c1-10(21(27)29-3)30-18-14(22)6-11(7-15(18)28-2)9-23-24-19(25)16-12-4-5-13(8-12)17(16)20(24)26/h4-7,9-10,12-13,16-17H,8H2,1-3H3/t10-,12+,13+,16-,17+/m1/s1. The molecule has 2 fully saturated rings. The van der Waals surface area contributed by atoms with Crippen LogP contribution in [0, 0.1) is 27.2 Å². The van der Waals surface area contributed by atoms with E-state index in [9.17, 15) is 14.4 Å². The maximum atomic E-state index is 12.7. The molecule has 4 rings (SSSR count). The number of carbonyl (C=O) groups is 3. The predicted molar refractivity (Wildman–Crippen MR) is 115 cm³/mol. The number of fused-ring (bicyclic) bond motifs is 5. The van der Waals surface area contributed by atoms with Crippen molar-refractivity contribution in [3.63, 3.8) is 0 Å². The highest BCUT2D eigenvalue weighted by molar-refractivity contribution is 14.1. The molecule has 158 valence electrons. The molecule has 5 atom stereocenters. The number of allylic oxidation sites excluding steroid dienone is 2. The Bertz CT molecular complexity index is 944. The van der Waals surface area contributed by atoms with Crippen molar-refractivity contribution in [2.24, 2.45) is 28.8 Å². The molecule has 2 bridgehead atoms. The van der Waals surface area contributed by atoms with Crippen LogP contribution in [0.5, 0.6) is 11.5 Å². The molecule has 0 N–H and O–H groups in total. The Morgan fingerprint density at radius 3 is 2.40 bits per heavy atom. The molecule has 1 saturated heterocycles. The molecular weight excluding hydrogens is 503 g/mol. The lowest BCUT2D eigenvalue weighted by molar-refractivity contribution is -0.148. The first kappa shape index (κ1) is 20.8. The summed E-state index contributed by atoms with van der Waals surface area (Å²) in [7, 11) is 2.78. The van der Waals surface area contributed by atoms with Crippen molar-refractivity contribution in [3.8, 4) is 11.5 Å². The van der Waals surface area contributed by atoms with Crippen molar-refractivity contribution in [1.29, 1.82) is 0 Å². The Morgan fingerprint density at radius 1 is 1.20 bits per heavy atom. The lowest BCUT2D eigenvalue weighted by Crippen LogP contribution is -2.28. The van der Waals surface area contributed by atoms with Gasteiger partial charge in [0.05, 0.1) is 35.8 Å². The Labute approximate surface area is 187 Å². The van der Waals surface area contributed by atoms with Crippen LogP contribution in [-0.2, 0) is 19.1 Å². The third kappa shape index (κ3) is 3.38. The quantitative estimate of drug-likeness (QED) is 0.187. The number of rotatable bonds is 6. The second-order valence-corrected chi connectivity index (χ2v) is 8.71. The molecule has 3 aliphatic rings. The lowest BCUT2D eigenvalue weighted by atomic mass is 9.85. The Balaban J connectivity index is 1.54. The summed E-state index contributed by atoms with van der Waals surface area (Å²) < 4.78 is 16.5. The number of hydrazone groups is 1. The fraction of sp³-hybridized carbons (Fsp3) is 0.429. The second kappa shape index (κ2) is 8.01. The number of ether oxygens (including phenoxy) is 3. The zero-order valence-electron chi connectivity index (χ0n) is 16.7. The third-order valence-corrected chi connectivity index (χ3v) is 6.65. The van der Waals surface area contributed by atoms with Crippen molar-refractivity contribution in [3.05, 3.63) is 33.4 Å². The van der Waals surface area contributed by atoms with Gasteiger partial charge in [-0.1, -0.05) is 12.2 Å². The van der Waals surface area contributed by atoms with E-state index in [2.05, 4.69) is 32.4 Å². The molecular formula is C21H21IN2O6. The smallest absolute Gasteiger partial charge is 0.346 e. The fourth-order valence-electron chi connectivity index (χ4n) is 4.44. The monoisotopic (exact) mass is 524 g/mol. The van der Waals surface area contributed by atoms with Crippen LogP contribution in [0.3, 0.4) is 0 Å². The number of nitrogens with zero attached hydrogens (tertiary/aromatic N) is 2. The minimum Gasteiger partial charge on any atom is -0.493 e. The second-order valence-electron chi connectivity index (χ2n) is 7.55. The SMILES string of the molecule is COC(=O)[C@@H](C)Oc1c(I)cc(C=NN2C(=O)[C@@H]3[C@H](C2=O)[C@H]2C=C[C@H]3C2)cc1OC. The molecule has 1 aromatic rings. The number of hydrogen-bond acceptors (Lipinski definition) is 7. The molecule has 1 aliphatic heterocycles. The molecule has 0 radical (unpaired) electrons. The van der Waals surface area contributed by atoms with Gasteiger partial charge in [0.1, 0.15) is 0 Å². The third-order valence-electron chi connectivity index (χ3n) is 5.85. The van der Waals surface area contributed by atoms with E-state index in [1.165, 1.54) is 20.4 Å². The Hall–Kier alpha value is -2.43. The van der Waals surface area contributed by atoms with Crippen LogP contribution in [-0.4, -0.2) is 49.3 Å². The maximum absolute atomic E-state index is 12.7. The van der Waals surface area contributed by atoms with Crippen LogP contribution < -0.4 is 9.47 Å². The molecule has 1 aromatic carbocycles. The first-order valence-electron chi connectivity index (χ1n) is 9.57. The topological polar surface area (TPSA) is 94.5 Å². The van der Waals surface area contributed by atoms with E-state index in [-0.39, 0.29) is 35.5 Å². The fourth-order valence-corrected chi connectivity index (χ4v) is 5.20. The van der Waals surface area contributed by atoms with Gasteiger partial charge in [0.25, 0.3) is 11.8 Å². The zero-order chi connectivity index (χ0) is 21.6. The number of methoxy groups -OCH3 is 2. The predicted octanol–water partition coefficient (Wildman–Crippen LogP) is 2.38. The Morgan fingerprint density at radius 2 is 1.83 bits per heavy atom. The number of esters is 1. The van der Waals surface area contributed by atoms with Gasteiger partial charge in [0.2, 0.25) is 0 Å². The number of halogens is 1. The van der Waals surface area contributed by atoms with Gasteiger partial charge in [-0.05, 0) is 65.5 Å². The van der Waals surface area contributed by atoms with Gasteiger partial charge >= 0.3 is 5.97 Å². The van der Waals surface area contributed by atoms with Gasteiger partial charge in [-0.3, -0.25) is 9.59 Å². The van der Waals surface area contributed by atoms with E-state index in [0.29, 0.717) is 20.6 Å². The highest BCUT2D eigenvalue weighted by Gasteiger charge is 2.59. The molecule has 2 aliphatic carbocycles. The van der Waals surface area contributed by atoms with Gasteiger partial charge in [-0.15, -0.1) is 0 Å². The first-order chi connectivity index (χ1) is 14.3. The van der Waals surface area contributed by atoms with Crippen LogP contribution in [0.1, 0.15) is 18.9 Å². The summed E-state index contributed by atoms with van der Waals surface area (Å²) in [5, 5.41) is 5.20. The van der Waals surface area contributed by atoms with E-state index in [1.54, 1.807) is 19.1 Å². The average molecular weight is 524 g/mol. The van der Waals surface area contributed by atoms with Gasteiger partial charge in [0.15, 0.2) is 17.6 Å². The van der Waals surface area contributed by atoms with E-state index < -0.39 is 12.1 Å². The van der Waals surface area contributed by atoms with Gasteiger partial charge in [-0.25, -0.2) is 4.79 Å². The van der Waals surface area contributed by atoms with Crippen LogP contribution in [0.15, 0.2) is 29.4 Å². The van der Waals surface area contributed by atoms with E-state index in [0.717, 1.165) is 11.4 Å². The molecule has 8 nitrogen and oxygen atoms in total. The molecule has 0 aromatic heterocycles. The molecule has 0 unspecified atom stereocenters. The van der Waals surface area contributed by atoms with Crippen LogP contribution >= 0.6 is 22.6 Å². The molecule has 1 heterocycles. The molecule has 2 amide bonds. The maximum Gasteiger partial charge on any atom is 0.346 e. The van der Waals surface area contributed by atoms with Crippen molar-refractivity contribution in [2.75, 3.05) is 14.2 Å². The number of benzene rings is 1. The summed E-state index contributed by atoms with van der Waals surface area (Å²) >= 11 is 2.06. The normalized spacial score (nSPS) is 27.7. The van der Waals surface area contributed by atoms with E-state index in [4.69, 9.17) is 9.47 Å². The van der Waals surface area contributed by atoms with Gasteiger partial charge in [-0.2, -0.15) is 10.1 Å². The summed E-state index contributed by atoms with van der Waals surface area (Å²) in [4.78, 5) is 37.1. The average Bonchev–Trinajstić information content (AvgIpc) is 3.41. The lowest BCUT2D eigenvalue weighted by Gasteiger charge is -2.17.